The maximum atomic E-state index is 5.56. The van der Waals surface area contributed by atoms with Gasteiger partial charge in [-0.05, 0) is 63.9 Å². The first kappa shape index (κ1) is 16.3. The van der Waals surface area contributed by atoms with E-state index in [9.17, 15) is 0 Å². The molecular weight excluding hydrogens is 260 g/mol. The van der Waals surface area contributed by atoms with E-state index < -0.39 is 0 Å². The van der Waals surface area contributed by atoms with Crippen molar-refractivity contribution in [3.63, 3.8) is 0 Å². The second-order valence-electron chi connectivity index (χ2n) is 6.21. The van der Waals surface area contributed by atoms with Crippen LogP contribution in [-0.4, -0.2) is 31.1 Å². The van der Waals surface area contributed by atoms with Gasteiger partial charge >= 0.3 is 0 Å². The third-order valence-corrected chi connectivity index (χ3v) is 4.57. The summed E-state index contributed by atoms with van der Waals surface area (Å²) in [6.45, 7) is 10.0. The number of methoxy groups -OCH3 is 1. The molecule has 1 aromatic rings. The molecule has 0 aliphatic carbocycles. The fourth-order valence-corrected chi connectivity index (χ4v) is 3.12. The fourth-order valence-electron chi connectivity index (χ4n) is 3.12. The molecule has 0 amide bonds. The summed E-state index contributed by atoms with van der Waals surface area (Å²) < 4.78 is 5.56. The molecule has 2 rings (SSSR count). The molecule has 0 aromatic heterocycles. The Bertz CT molecular complexity index is 447. The number of rotatable bonds is 7. The Balaban J connectivity index is 2.13. The van der Waals surface area contributed by atoms with Gasteiger partial charge in [0.2, 0.25) is 0 Å². The number of likely N-dealkylation sites (tertiary alicyclic amines) is 1. The molecule has 0 saturated carbocycles. The third-order valence-electron chi connectivity index (χ3n) is 4.57. The van der Waals surface area contributed by atoms with Crippen LogP contribution in [0, 0.1) is 0 Å². The first-order valence-corrected chi connectivity index (χ1v) is 8.30. The van der Waals surface area contributed by atoms with Crippen molar-refractivity contribution in [3.8, 4) is 5.75 Å². The van der Waals surface area contributed by atoms with Gasteiger partial charge in [-0.15, -0.1) is 0 Å². The second-order valence-corrected chi connectivity index (χ2v) is 6.21. The van der Waals surface area contributed by atoms with Crippen molar-refractivity contribution in [2.45, 2.75) is 58.7 Å². The lowest BCUT2D eigenvalue weighted by molar-refractivity contribution is 0.256. The molecule has 1 fully saturated rings. The molecule has 0 spiro atoms. The van der Waals surface area contributed by atoms with E-state index in [1.807, 2.05) is 0 Å². The Hall–Kier alpha value is -1.06. The highest BCUT2D eigenvalue weighted by Crippen LogP contribution is 2.27. The molecule has 1 saturated heterocycles. The molecule has 21 heavy (non-hydrogen) atoms. The minimum atomic E-state index is 0.394. The Labute approximate surface area is 129 Å². The van der Waals surface area contributed by atoms with Crippen molar-refractivity contribution in [3.05, 3.63) is 29.3 Å². The highest BCUT2D eigenvalue weighted by molar-refractivity contribution is 5.38. The zero-order valence-corrected chi connectivity index (χ0v) is 14.0. The van der Waals surface area contributed by atoms with Gasteiger partial charge in [-0.3, -0.25) is 4.90 Å². The number of hydrogen-bond acceptors (Lipinski definition) is 3. The van der Waals surface area contributed by atoms with Crippen molar-refractivity contribution in [1.29, 1.82) is 0 Å². The third kappa shape index (κ3) is 4.21. The van der Waals surface area contributed by atoms with E-state index in [2.05, 4.69) is 49.2 Å². The van der Waals surface area contributed by atoms with E-state index in [4.69, 9.17) is 4.74 Å². The van der Waals surface area contributed by atoms with Crippen LogP contribution in [0.1, 0.15) is 57.2 Å². The van der Waals surface area contributed by atoms with Gasteiger partial charge in [0.25, 0.3) is 0 Å². The summed E-state index contributed by atoms with van der Waals surface area (Å²) in [5.41, 5.74) is 2.67. The highest BCUT2D eigenvalue weighted by atomic mass is 16.5. The number of nitrogens with one attached hydrogen (secondary N) is 1. The summed E-state index contributed by atoms with van der Waals surface area (Å²) in [5, 5.41) is 3.56. The molecule has 1 aliphatic heterocycles. The summed E-state index contributed by atoms with van der Waals surface area (Å²) in [4.78, 5) is 2.56. The summed E-state index contributed by atoms with van der Waals surface area (Å²) in [6, 6.07) is 7.70. The maximum absolute atomic E-state index is 5.56. The Kier molecular flexibility index (Phi) is 6.07. The molecule has 0 radical (unpaired) electrons. The van der Waals surface area contributed by atoms with E-state index in [-0.39, 0.29) is 0 Å². The van der Waals surface area contributed by atoms with Crippen molar-refractivity contribution in [2.24, 2.45) is 0 Å². The van der Waals surface area contributed by atoms with E-state index in [0.29, 0.717) is 12.1 Å². The lowest BCUT2D eigenvalue weighted by atomic mass is 10.0. The number of nitrogens with zero attached hydrogens (tertiary/aromatic N) is 1. The minimum Gasteiger partial charge on any atom is -0.496 e. The van der Waals surface area contributed by atoms with E-state index in [1.54, 1.807) is 7.11 Å². The molecular formula is C18H30N2O. The van der Waals surface area contributed by atoms with Gasteiger partial charge in [-0.25, -0.2) is 0 Å². The molecule has 1 aliphatic rings. The fraction of sp³-hybridized carbons (Fsp3) is 0.667. The summed E-state index contributed by atoms with van der Waals surface area (Å²) >= 11 is 0. The van der Waals surface area contributed by atoms with Crippen molar-refractivity contribution < 1.29 is 4.74 Å². The van der Waals surface area contributed by atoms with Crippen molar-refractivity contribution >= 4 is 0 Å². The molecule has 0 bridgehead atoms. The molecule has 3 nitrogen and oxygen atoms in total. The van der Waals surface area contributed by atoms with E-state index >= 15 is 0 Å². The molecule has 3 heteroatoms. The van der Waals surface area contributed by atoms with Crippen LogP contribution in [0.15, 0.2) is 18.2 Å². The van der Waals surface area contributed by atoms with Crippen LogP contribution in [0.2, 0.25) is 0 Å². The van der Waals surface area contributed by atoms with E-state index in [1.165, 1.54) is 36.9 Å². The Morgan fingerprint density at radius 3 is 2.86 bits per heavy atom. The largest absolute Gasteiger partial charge is 0.496 e. The van der Waals surface area contributed by atoms with Gasteiger partial charge in [-0.2, -0.15) is 0 Å². The van der Waals surface area contributed by atoms with Gasteiger partial charge in [-0.1, -0.05) is 13.0 Å². The number of benzene rings is 1. The SMILES string of the molecule is CCCNC(C)c1ccc(OC)c(CN2CCCC2C)c1. The molecule has 1 N–H and O–H groups in total. The topological polar surface area (TPSA) is 24.5 Å². The van der Waals surface area contributed by atoms with Crippen LogP contribution < -0.4 is 10.1 Å². The normalized spacial score (nSPS) is 20.7. The lowest BCUT2D eigenvalue weighted by Gasteiger charge is -2.23. The Morgan fingerprint density at radius 1 is 1.43 bits per heavy atom. The van der Waals surface area contributed by atoms with Gasteiger partial charge in [0.1, 0.15) is 5.75 Å². The van der Waals surface area contributed by atoms with Crippen molar-refractivity contribution in [2.75, 3.05) is 20.2 Å². The average molecular weight is 290 g/mol. The number of hydrogen-bond donors (Lipinski definition) is 1. The second kappa shape index (κ2) is 7.81. The summed E-state index contributed by atoms with van der Waals surface area (Å²) in [7, 11) is 1.77. The van der Waals surface area contributed by atoms with Gasteiger partial charge < -0.3 is 10.1 Å². The zero-order chi connectivity index (χ0) is 15.2. The predicted molar refractivity (Wildman–Crippen MR) is 88.8 cm³/mol. The van der Waals surface area contributed by atoms with Crippen molar-refractivity contribution in [1.82, 2.24) is 10.2 Å². The first-order valence-electron chi connectivity index (χ1n) is 8.30. The van der Waals surface area contributed by atoms with Crippen LogP contribution in [0.5, 0.6) is 5.75 Å². The zero-order valence-electron chi connectivity index (χ0n) is 14.0. The maximum Gasteiger partial charge on any atom is 0.123 e. The first-order chi connectivity index (χ1) is 10.2. The molecule has 2 unspecified atom stereocenters. The molecule has 2 atom stereocenters. The van der Waals surface area contributed by atoms with Crippen LogP contribution >= 0.6 is 0 Å². The summed E-state index contributed by atoms with van der Waals surface area (Å²) in [6.07, 6.45) is 3.80. The average Bonchev–Trinajstić information content (AvgIpc) is 2.90. The standard InChI is InChI=1S/C18H30N2O/c1-5-10-19-15(3)16-8-9-18(21-4)17(12-16)13-20-11-6-7-14(20)2/h8-9,12,14-15,19H,5-7,10-11,13H2,1-4H3. The molecule has 1 aromatic carbocycles. The Morgan fingerprint density at radius 2 is 2.24 bits per heavy atom. The predicted octanol–water partition coefficient (Wildman–Crippen LogP) is 3.74. The van der Waals surface area contributed by atoms with Crippen LogP contribution in [0.4, 0.5) is 0 Å². The van der Waals surface area contributed by atoms with Gasteiger partial charge in [0.05, 0.1) is 7.11 Å². The van der Waals surface area contributed by atoms with Crippen LogP contribution in [0.25, 0.3) is 0 Å². The van der Waals surface area contributed by atoms with Gasteiger partial charge in [0.15, 0.2) is 0 Å². The highest BCUT2D eigenvalue weighted by Gasteiger charge is 2.21. The van der Waals surface area contributed by atoms with E-state index in [0.717, 1.165) is 18.8 Å². The molecule has 1 heterocycles. The van der Waals surface area contributed by atoms with Crippen LogP contribution in [-0.2, 0) is 6.54 Å². The van der Waals surface area contributed by atoms with Gasteiger partial charge in [0, 0.05) is 24.2 Å². The molecule has 118 valence electrons. The smallest absolute Gasteiger partial charge is 0.123 e. The minimum absolute atomic E-state index is 0.394. The summed E-state index contributed by atoms with van der Waals surface area (Å²) in [5.74, 6) is 1.01. The quantitative estimate of drug-likeness (QED) is 0.828. The lowest BCUT2D eigenvalue weighted by Crippen LogP contribution is -2.26. The van der Waals surface area contributed by atoms with Crippen LogP contribution in [0.3, 0.4) is 0 Å². The monoisotopic (exact) mass is 290 g/mol. The number of ether oxygens (including phenoxy) is 1.